The van der Waals surface area contributed by atoms with Crippen molar-refractivity contribution in [2.45, 2.75) is 40.0 Å². The number of rotatable bonds is 5. The summed E-state index contributed by atoms with van der Waals surface area (Å²) in [6.07, 6.45) is -3.14. The molecule has 3 amide bonds. The zero-order valence-corrected chi connectivity index (χ0v) is 23.3. The maximum Gasteiger partial charge on any atom is 0.433 e. The second-order valence-corrected chi connectivity index (χ2v) is 12.7. The van der Waals surface area contributed by atoms with Gasteiger partial charge in [0.25, 0.3) is 0 Å². The predicted octanol–water partition coefficient (Wildman–Crippen LogP) is 4.10. The summed E-state index contributed by atoms with van der Waals surface area (Å²) in [6, 6.07) is 4.42. The van der Waals surface area contributed by atoms with E-state index in [1.165, 1.54) is 22.4 Å². The van der Waals surface area contributed by atoms with Gasteiger partial charge in [0.1, 0.15) is 5.69 Å². The van der Waals surface area contributed by atoms with E-state index >= 15 is 0 Å². The van der Waals surface area contributed by atoms with Gasteiger partial charge in [-0.2, -0.15) is 13.2 Å². The quantitative estimate of drug-likeness (QED) is 0.429. The van der Waals surface area contributed by atoms with Gasteiger partial charge in [0.2, 0.25) is 17.7 Å². The van der Waals surface area contributed by atoms with Gasteiger partial charge >= 0.3 is 6.18 Å². The van der Waals surface area contributed by atoms with E-state index in [1.807, 2.05) is 25.8 Å². The van der Waals surface area contributed by atoms with Crippen LogP contribution >= 0.6 is 11.3 Å². The summed E-state index contributed by atoms with van der Waals surface area (Å²) in [5.74, 6) is -1.04. The minimum absolute atomic E-state index is 0.0961. The van der Waals surface area contributed by atoms with Gasteiger partial charge in [0.05, 0.1) is 40.8 Å². The molecular weight excluding hydrogens is 543 g/mol. The molecule has 2 unspecified atom stereocenters. The fraction of sp³-hybridized carbons (Fsp3) is 0.464. The molecule has 12 heteroatoms. The largest absolute Gasteiger partial charge is 0.433 e. The molecular formula is C28H28F3N5O3S. The number of amides is 3. The summed E-state index contributed by atoms with van der Waals surface area (Å²) in [5, 5.41) is 0. The lowest BCUT2D eigenvalue weighted by atomic mass is 9.99. The number of thiophene rings is 1. The Morgan fingerprint density at radius 1 is 1.07 bits per heavy atom. The molecule has 6 rings (SSSR count). The van der Waals surface area contributed by atoms with Crippen LogP contribution in [0.25, 0.3) is 21.5 Å². The van der Waals surface area contributed by atoms with Crippen molar-refractivity contribution in [1.82, 2.24) is 24.7 Å². The van der Waals surface area contributed by atoms with E-state index < -0.39 is 11.9 Å². The number of carbonyl (C=O) groups is 3. The Morgan fingerprint density at radius 3 is 2.42 bits per heavy atom. The third-order valence-corrected chi connectivity index (χ3v) is 9.56. The predicted molar refractivity (Wildman–Crippen MR) is 142 cm³/mol. The molecule has 5 heterocycles. The van der Waals surface area contributed by atoms with Crippen LogP contribution in [0.1, 0.15) is 35.5 Å². The molecule has 40 heavy (non-hydrogen) atoms. The van der Waals surface area contributed by atoms with Gasteiger partial charge in [-0.15, -0.1) is 11.3 Å². The number of likely N-dealkylation sites (N-methyl/N-ethyl adjacent to an activating group) is 1. The number of aromatic nitrogens is 2. The molecule has 8 nitrogen and oxygen atoms in total. The Bertz CT molecular complexity index is 1560. The fourth-order valence-electron chi connectivity index (χ4n) is 6.02. The van der Waals surface area contributed by atoms with Crippen LogP contribution in [0.5, 0.6) is 0 Å². The summed E-state index contributed by atoms with van der Waals surface area (Å²) in [7, 11) is 1.85. The molecule has 2 atom stereocenters. The molecule has 0 spiro atoms. The number of carbonyl (C=O) groups excluding carboxylic acids is 3. The number of piperazine rings is 1. The van der Waals surface area contributed by atoms with Crippen molar-refractivity contribution >= 4 is 39.3 Å². The fourth-order valence-corrected chi connectivity index (χ4v) is 7.14. The zero-order valence-electron chi connectivity index (χ0n) is 22.5. The van der Waals surface area contributed by atoms with Crippen LogP contribution in [-0.4, -0.2) is 69.1 Å². The number of nitrogens with zero attached hydrogens (tertiary/aromatic N) is 5. The molecule has 3 fully saturated rings. The summed E-state index contributed by atoms with van der Waals surface area (Å²) < 4.78 is 42.2. The van der Waals surface area contributed by atoms with Crippen LogP contribution in [0.15, 0.2) is 24.4 Å². The Labute approximate surface area is 232 Å². The first-order chi connectivity index (χ1) is 18.8. The van der Waals surface area contributed by atoms with Gasteiger partial charge in [-0.05, 0) is 43.1 Å². The molecule has 3 aliphatic rings. The smallest absolute Gasteiger partial charge is 0.336 e. The molecule has 1 saturated carbocycles. The highest BCUT2D eigenvalue weighted by molar-refractivity contribution is 7.19. The van der Waals surface area contributed by atoms with Crippen LogP contribution in [0.3, 0.4) is 0 Å². The minimum Gasteiger partial charge on any atom is -0.336 e. The Hall–Kier alpha value is -3.38. The third kappa shape index (κ3) is 4.28. The summed E-state index contributed by atoms with van der Waals surface area (Å²) in [6.45, 7) is 7.03. The topological polar surface area (TPSA) is 86.7 Å². The standard InChI is InChI=1S/C28H28F3N5O3S/c1-14-9-19(28(29,30)31)33-23(17(14)12-35-8-7-34(4)13-20(35)37)16-5-6-32-18-10-15(40-24(16)18)11-36-25(38)21-22(26(36)39)27(21,2)3/h5-6,9-10,21-22H,7-8,11-13H2,1-4H3. The van der Waals surface area contributed by atoms with E-state index in [0.717, 1.165) is 6.07 Å². The number of fused-ring (bicyclic) bond motifs is 2. The van der Waals surface area contributed by atoms with E-state index in [-0.39, 0.29) is 60.3 Å². The van der Waals surface area contributed by atoms with E-state index in [4.69, 9.17) is 0 Å². The Morgan fingerprint density at radius 2 is 1.77 bits per heavy atom. The number of piperidine rings is 1. The van der Waals surface area contributed by atoms with E-state index in [1.54, 1.807) is 24.0 Å². The van der Waals surface area contributed by atoms with E-state index in [9.17, 15) is 27.6 Å². The number of hydrogen-bond donors (Lipinski definition) is 0. The van der Waals surface area contributed by atoms with E-state index in [0.29, 0.717) is 44.9 Å². The second-order valence-electron chi connectivity index (χ2n) is 11.5. The molecule has 0 N–H and O–H groups in total. The van der Waals surface area contributed by atoms with Gasteiger partial charge in [0, 0.05) is 41.8 Å². The zero-order chi connectivity index (χ0) is 28.7. The molecule has 3 aromatic rings. The van der Waals surface area contributed by atoms with Crippen molar-refractivity contribution in [2.24, 2.45) is 17.3 Å². The van der Waals surface area contributed by atoms with Crippen LogP contribution in [0.4, 0.5) is 13.2 Å². The van der Waals surface area contributed by atoms with Crippen molar-refractivity contribution in [3.8, 4) is 11.3 Å². The SMILES string of the molecule is Cc1cc(C(F)(F)F)nc(-c2ccnc3cc(CN4C(=O)C5C(C4=O)C5(C)C)sc23)c1CN1CCN(C)CC1=O. The number of likely N-dealkylation sites (tertiary alicyclic amines) is 1. The first-order valence-electron chi connectivity index (χ1n) is 13.0. The maximum atomic E-state index is 13.9. The monoisotopic (exact) mass is 571 g/mol. The van der Waals surface area contributed by atoms with Crippen molar-refractivity contribution < 1.29 is 27.6 Å². The van der Waals surface area contributed by atoms with Crippen LogP contribution < -0.4 is 0 Å². The molecule has 0 radical (unpaired) electrons. The summed E-state index contributed by atoms with van der Waals surface area (Å²) in [5.41, 5.74) is 0.771. The van der Waals surface area contributed by atoms with Crippen molar-refractivity contribution in [2.75, 3.05) is 26.7 Å². The molecule has 210 valence electrons. The second kappa shape index (κ2) is 9.07. The van der Waals surface area contributed by atoms with Gasteiger partial charge in [-0.3, -0.25) is 29.2 Å². The number of hydrogen-bond acceptors (Lipinski definition) is 7. The molecule has 1 aliphatic carbocycles. The highest BCUT2D eigenvalue weighted by Crippen LogP contribution is 2.63. The van der Waals surface area contributed by atoms with Gasteiger partial charge < -0.3 is 4.90 Å². The lowest BCUT2D eigenvalue weighted by molar-refractivity contribution is -0.144. The molecule has 3 aromatic heterocycles. The highest BCUT2D eigenvalue weighted by atomic mass is 32.1. The van der Waals surface area contributed by atoms with E-state index in [2.05, 4.69) is 9.97 Å². The first kappa shape index (κ1) is 26.8. The normalized spacial score (nSPS) is 22.9. The maximum absolute atomic E-state index is 13.9. The number of pyridine rings is 2. The minimum atomic E-state index is -4.65. The Kier molecular flexibility index (Phi) is 6.08. The molecule has 2 aliphatic heterocycles. The van der Waals surface area contributed by atoms with Crippen molar-refractivity contribution in [3.05, 3.63) is 46.1 Å². The Balaban J connectivity index is 1.40. The first-order valence-corrected chi connectivity index (χ1v) is 13.9. The third-order valence-electron chi connectivity index (χ3n) is 8.42. The highest BCUT2D eigenvalue weighted by Gasteiger charge is 2.72. The van der Waals surface area contributed by atoms with Crippen LogP contribution in [0, 0.1) is 24.2 Å². The van der Waals surface area contributed by atoms with Gasteiger partial charge in [0.15, 0.2) is 0 Å². The lowest BCUT2D eigenvalue weighted by Crippen LogP contribution is -2.48. The number of alkyl halides is 3. The molecule has 0 aromatic carbocycles. The lowest BCUT2D eigenvalue weighted by Gasteiger charge is -2.33. The summed E-state index contributed by atoms with van der Waals surface area (Å²) in [4.78, 5) is 52.5. The molecule has 0 bridgehead atoms. The van der Waals surface area contributed by atoms with Gasteiger partial charge in [-0.25, -0.2) is 4.98 Å². The summed E-state index contributed by atoms with van der Waals surface area (Å²) >= 11 is 1.28. The van der Waals surface area contributed by atoms with Crippen molar-refractivity contribution in [3.63, 3.8) is 0 Å². The van der Waals surface area contributed by atoms with Crippen LogP contribution in [-0.2, 0) is 33.6 Å². The average Bonchev–Trinajstić information content (AvgIpc) is 3.11. The van der Waals surface area contributed by atoms with Gasteiger partial charge in [-0.1, -0.05) is 13.8 Å². The molecule has 2 saturated heterocycles. The van der Waals surface area contributed by atoms with Crippen LogP contribution in [0.2, 0.25) is 0 Å². The number of halogens is 3. The average molecular weight is 572 g/mol. The number of aryl methyl sites for hydroxylation is 1. The number of imide groups is 1. The van der Waals surface area contributed by atoms with Crippen molar-refractivity contribution in [1.29, 1.82) is 0 Å².